The fourth-order valence-electron chi connectivity index (χ4n) is 5.56. The summed E-state index contributed by atoms with van der Waals surface area (Å²) in [7, 11) is 0. The zero-order chi connectivity index (χ0) is 31.3. The molecule has 2 fully saturated rings. The largest absolute Gasteiger partial charge is 0.466 e. The molecule has 1 atom stereocenters. The summed E-state index contributed by atoms with van der Waals surface area (Å²) in [4.78, 5) is 40.7. The van der Waals surface area contributed by atoms with Crippen LogP contribution in [-0.4, -0.2) is 72.6 Å². The first-order valence-electron chi connectivity index (χ1n) is 14.8. The number of piperidine rings is 1. The van der Waals surface area contributed by atoms with Gasteiger partial charge in [0.15, 0.2) is 5.16 Å². The fraction of sp³-hybridized carbons (Fsp3) is 0.438. The number of piperazine rings is 1. The van der Waals surface area contributed by atoms with Gasteiger partial charge in [0.2, 0.25) is 0 Å². The Morgan fingerprint density at radius 3 is 2.48 bits per heavy atom. The van der Waals surface area contributed by atoms with E-state index in [1.54, 1.807) is 24.0 Å². The number of benzene rings is 2. The number of nitrogens with zero attached hydrogens (tertiary/aromatic N) is 5. The lowest BCUT2D eigenvalue weighted by molar-refractivity contribution is -0.149. The first-order chi connectivity index (χ1) is 21.1. The van der Waals surface area contributed by atoms with Crippen LogP contribution >= 0.6 is 11.8 Å². The second-order valence-electron chi connectivity index (χ2n) is 11.0. The van der Waals surface area contributed by atoms with E-state index in [0.717, 1.165) is 36.0 Å². The summed E-state index contributed by atoms with van der Waals surface area (Å²) in [5, 5.41) is 0.616. The Labute approximate surface area is 259 Å². The number of halogens is 3. The van der Waals surface area contributed by atoms with E-state index in [2.05, 4.69) is 9.88 Å². The number of hydrogen-bond donors (Lipinski definition) is 0. The van der Waals surface area contributed by atoms with Gasteiger partial charge in [-0.15, -0.1) is 0 Å². The highest BCUT2D eigenvalue weighted by Gasteiger charge is 2.32. The van der Waals surface area contributed by atoms with Crippen molar-refractivity contribution in [1.82, 2.24) is 14.9 Å². The molecule has 0 N–H and O–H groups in total. The highest BCUT2D eigenvalue weighted by molar-refractivity contribution is 7.98. The molecular formula is C32H36F3N5O3S. The van der Waals surface area contributed by atoms with E-state index in [0.29, 0.717) is 68.0 Å². The second kappa shape index (κ2) is 13.9. The number of alkyl halides is 3. The maximum atomic E-state index is 13.3. The molecule has 12 heteroatoms. The summed E-state index contributed by atoms with van der Waals surface area (Å²) in [6, 6.07) is 14.9. The highest BCUT2D eigenvalue weighted by atomic mass is 32.2. The standard InChI is InChI=1S/C32H36F3N5O3S/c1-3-43-30(42)25-9-6-12-40(20-25)29(41)24-8-4-7-23(18-24)21-44-31-36-22(2)17-28(37-31)39-15-13-38(14-16-39)27-11-5-10-26(19-27)32(33,34)35/h4-5,7-8,10-11,17-19,25H,3,6,9,12-16,20-21H2,1-2H3/t25-/m1/s1. The molecule has 234 valence electrons. The van der Waals surface area contributed by atoms with Gasteiger partial charge in [0.25, 0.3) is 5.91 Å². The van der Waals surface area contributed by atoms with Crippen LogP contribution in [-0.2, 0) is 21.5 Å². The quantitative estimate of drug-likeness (QED) is 0.175. The normalized spacial score (nSPS) is 17.5. The van der Waals surface area contributed by atoms with Gasteiger partial charge in [0.05, 0.1) is 18.1 Å². The van der Waals surface area contributed by atoms with Gasteiger partial charge in [0, 0.05) is 68.0 Å². The van der Waals surface area contributed by atoms with E-state index in [9.17, 15) is 22.8 Å². The van der Waals surface area contributed by atoms with Gasteiger partial charge in [-0.3, -0.25) is 9.59 Å². The molecule has 2 saturated heterocycles. The smallest absolute Gasteiger partial charge is 0.416 e. The Balaban J connectivity index is 1.19. The molecule has 44 heavy (non-hydrogen) atoms. The monoisotopic (exact) mass is 627 g/mol. The summed E-state index contributed by atoms with van der Waals surface area (Å²) in [6.07, 6.45) is -2.88. The van der Waals surface area contributed by atoms with Gasteiger partial charge in [-0.25, -0.2) is 9.97 Å². The molecule has 0 bridgehead atoms. The zero-order valence-electron chi connectivity index (χ0n) is 24.8. The number of amides is 1. The van der Waals surface area contributed by atoms with Gasteiger partial charge in [-0.2, -0.15) is 13.2 Å². The Morgan fingerprint density at radius 1 is 0.977 bits per heavy atom. The van der Waals surface area contributed by atoms with Crippen LogP contribution in [0.3, 0.4) is 0 Å². The number of rotatable bonds is 8. The molecule has 0 spiro atoms. The number of hydrogen-bond acceptors (Lipinski definition) is 8. The molecule has 0 saturated carbocycles. The maximum Gasteiger partial charge on any atom is 0.416 e. The van der Waals surface area contributed by atoms with E-state index in [1.165, 1.54) is 23.9 Å². The third-order valence-corrected chi connectivity index (χ3v) is 8.75. The number of thioether (sulfide) groups is 1. The van der Waals surface area contributed by atoms with Crippen LogP contribution in [0.25, 0.3) is 0 Å². The Hall–Kier alpha value is -3.80. The van der Waals surface area contributed by atoms with E-state index >= 15 is 0 Å². The minimum Gasteiger partial charge on any atom is -0.466 e. The molecule has 2 aliphatic rings. The average molecular weight is 628 g/mol. The second-order valence-corrected chi connectivity index (χ2v) is 11.9. The molecular weight excluding hydrogens is 591 g/mol. The number of ether oxygens (including phenoxy) is 1. The van der Waals surface area contributed by atoms with Crippen molar-refractivity contribution in [3.05, 3.63) is 77.0 Å². The van der Waals surface area contributed by atoms with E-state index < -0.39 is 11.7 Å². The maximum absolute atomic E-state index is 13.3. The van der Waals surface area contributed by atoms with Gasteiger partial charge >= 0.3 is 12.1 Å². The van der Waals surface area contributed by atoms with Crippen LogP contribution in [0.4, 0.5) is 24.7 Å². The average Bonchev–Trinajstić information content (AvgIpc) is 3.03. The molecule has 8 nitrogen and oxygen atoms in total. The Kier molecular flexibility index (Phi) is 9.97. The van der Waals surface area contributed by atoms with Crippen molar-refractivity contribution >= 4 is 35.1 Å². The first-order valence-corrected chi connectivity index (χ1v) is 15.8. The third kappa shape index (κ3) is 7.82. The summed E-state index contributed by atoms with van der Waals surface area (Å²) in [5.41, 5.74) is 2.28. The van der Waals surface area contributed by atoms with Crippen LogP contribution in [0.15, 0.2) is 59.8 Å². The van der Waals surface area contributed by atoms with Crippen LogP contribution in [0.5, 0.6) is 0 Å². The highest BCUT2D eigenvalue weighted by Crippen LogP contribution is 2.32. The van der Waals surface area contributed by atoms with Crippen LogP contribution in [0.1, 0.15) is 46.9 Å². The summed E-state index contributed by atoms with van der Waals surface area (Å²) >= 11 is 1.48. The number of likely N-dealkylation sites (tertiary alicyclic amines) is 1. The lowest BCUT2D eigenvalue weighted by Crippen LogP contribution is -2.47. The zero-order valence-corrected chi connectivity index (χ0v) is 25.7. The summed E-state index contributed by atoms with van der Waals surface area (Å²) in [5.74, 6) is 0.727. The minimum absolute atomic E-state index is 0.0933. The molecule has 2 aromatic carbocycles. The van der Waals surface area contributed by atoms with Gasteiger partial charge < -0.3 is 19.4 Å². The predicted molar refractivity (Wildman–Crippen MR) is 164 cm³/mol. The van der Waals surface area contributed by atoms with E-state index in [-0.39, 0.29) is 17.8 Å². The number of esters is 1. The fourth-order valence-corrected chi connectivity index (χ4v) is 6.41. The van der Waals surface area contributed by atoms with Gasteiger partial charge in [-0.05, 0) is 62.6 Å². The lowest BCUT2D eigenvalue weighted by atomic mass is 9.97. The third-order valence-electron chi connectivity index (χ3n) is 7.83. The molecule has 5 rings (SSSR count). The molecule has 0 aliphatic carbocycles. The summed E-state index contributed by atoms with van der Waals surface area (Å²) < 4.78 is 44.7. The number of aryl methyl sites for hydroxylation is 1. The predicted octanol–water partition coefficient (Wildman–Crippen LogP) is 5.84. The molecule has 1 aromatic heterocycles. The molecule has 2 aliphatic heterocycles. The Morgan fingerprint density at radius 2 is 1.73 bits per heavy atom. The van der Waals surface area contributed by atoms with Gasteiger partial charge in [-0.1, -0.05) is 30.0 Å². The minimum atomic E-state index is -4.37. The van der Waals surface area contributed by atoms with Crippen molar-refractivity contribution in [2.45, 2.75) is 43.8 Å². The number of anilines is 2. The van der Waals surface area contributed by atoms with Gasteiger partial charge in [0.1, 0.15) is 5.82 Å². The van der Waals surface area contributed by atoms with Crippen molar-refractivity contribution in [2.24, 2.45) is 5.92 Å². The number of carbonyl (C=O) groups excluding carboxylic acids is 2. The van der Waals surface area contributed by atoms with E-state index in [4.69, 9.17) is 9.72 Å². The first kappa shape index (κ1) is 31.6. The van der Waals surface area contributed by atoms with Crippen molar-refractivity contribution < 1.29 is 27.5 Å². The molecule has 0 radical (unpaired) electrons. The Bertz CT molecular complexity index is 1480. The van der Waals surface area contributed by atoms with E-state index in [1.807, 2.05) is 36.1 Å². The van der Waals surface area contributed by atoms with Crippen LogP contribution < -0.4 is 9.80 Å². The molecule has 1 amide bonds. The van der Waals surface area contributed by atoms with Crippen LogP contribution in [0, 0.1) is 12.8 Å². The number of carbonyl (C=O) groups is 2. The van der Waals surface area contributed by atoms with Crippen molar-refractivity contribution in [3.8, 4) is 0 Å². The van der Waals surface area contributed by atoms with Crippen molar-refractivity contribution in [2.75, 3.05) is 55.7 Å². The van der Waals surface area contributed by atoms with Crippen molar-refractivity contribution in [1.29, 1.82) is 0 Å². The SMILES string of the molecule is CCOC(=O)[C@@H]1CCCN(C(=O)c2cccc(CSc3nc(C)cc(N4CCN(c5cccc(C(F)(F)F)c5)CC4)n3)c2)C1. The molecule has 3 aromatic rings. The number of aromatic nitrogens is 2. The van der Waals surface area contributed by atoms with Crippen molar-refractivity contribution in [3.63, 3.8) is 0 Å². The summed E-state index contributed by atoms with van der Waals surface area (Å²) in [6.45, 7) is 7.39. The van der Waals surface area contributed by atoms with Crippen LogP contribution in [0.2, 0.25) is 0 Å². The lowest BCUT2D eigenvalue weighted by Gasteiger charge is -2.37. The topological polar surface area (TPSA) is 78.9 Å². The molecule has 3 heterocycles. The molecule has 0 unspecified atom stereocenters.